The zero-order valence-electron chi connectivity index (χ0n) is 17.6. The van der Waals surface area contributed by atoms with E-state index in [1.54, 1.807) is 12.1 Å². The molecule has 4 rings (SSSR count). The molecule has 0 aromatic heterocycles. The van der Waals surface area contributed by atoms with Crippen molar-refractivity contribution in [1.82, 2.24) is 15.7 Å². The van der Waals surface area contributed by atoms with Crippen molar-refractivity contribution < 1.29 is 14.4 Å². The lowest BCUT2D eigenvalue weighted by atomic mass is 9.85. The van der Waals surface area contributed by atoms with Crippen molar-refractivity contribution in [3.8, 4) is 0 Å². The minimum atomic E-state index is -0.508. The Morgan fingerprint density at radius 3 is 2.27 bits per heavy atom. The van der Waals surface area contributed by atoms with Crippen LogP contribution in [0.4, 0.5) is 10.5 Å². The number of para-hydroxylation sites is 1. The van der Waals surface area contributed by atoms with Gasteiger partial charge >= 0.3 is 6.09 Å². The molecule has 1 atom stereocenters. The van der Waals surface area contributed by atoms with E-state index >= 15 is 0 Å². The van der Waals surface area contributed by atoms with Crippen LogP contribution in [-0.4, -0.2) is 43.1 Å². The highest BCUT2D eigenvalue weighted by Gasteiger charge is 2.27. The number of hydroxylamine groups is 1. The van der Waals surface area contributed by atoms with Gasteiger partial charge in [0.05, 0.1) is 0 Å². The number of amides is 2. The van der Waals surface area contributed by atoms with E-state index in [9.17, 15) is 9.59 Å². The Bertz CT molecular complexity index is 928. The van der Waals surface area contributed by atoms with Gasteiger partial charge in [-0.1, -0.05) is 51.1 Å². The van der Waals surface area contributed by atoms with Crippen molar-refractivity contribution in [3.05, 3.63) is 65.2 Å². The van der Waals surface area contributed by atoms with Crippen LogP contribution in [0, 0.1) is 0 Å². The summed E-state index contributed by atoms with van der Waals surface area (Å²) in [7, 11) is 0. The molecule has 2 saturated heterocycles. The van der Waals surface area contributed by atoms with E-state index in [4.69, 9.17) is 0 Å². The van der Waals surface area contributed by atoms with Gasteiger partial charge < -0.3 is 14.6 Å². The van der Waals surface area contributed by atoms with Crippen LogP contribution >= 0.6 is 0 Å². The van der Waals surface area contributed by atoms with Crippen molar-refractivity contribution in [3.63, 3.8) is 0 Å². The number of nitrogens with one attached hydrogen (secondary N) is 2. The number of rotatable bonds is 3. The average Bonchev–Trinajstić information content (AvgIpc) is 3.19. The number of carbonyl (C=O) groups is 2. The van der Waals surface area contributed by atoms with E-state index in [-0.39, 0.29) is 11.3 Å². The lowest BCUT2D eigenvalue weighted by Gasteiger charge is -2.38. The molecular weight excluding hydrogens is 380 g/mol. The number of nitrogens with zero attached hydrogens (tertiary/aromatic N) is 2. The van der Waals surface area contributed by atoms with Gasteiger partial charge in [0, 0.05) is 37.4 Å². The van der Waals surface area contributed by atoms with Gasteiger partial charge in [-0.05, 0) is 34.7 Å². The minimum absolute atomic E-state index is 0.0324. The first-order valence-corrected chi connectivity index (χ1v) is 10.3. The van der Waals surface area contributed by atoms with Crippen LogP contribution in [-0.2, 0) is 10.3 Å². The van der Waals surface area contributed by atoms with E-state index in [0.717, 1.165) is 18.7 Å². The van der Waals surface area contributed by atoms with Crippen molar-refractivity contribution in [2.75, 3.05) is 31.1 Å². The standard InChI is InChI=1S/C23H28N4O3/c1-23(2,3)18-6-4-5-7-19(18)26-12-14-27(15-13-26)21(28)17-10-8-16(9-11-17)20-24-22(29)30-25-20/h4-11,20,25H,12-15H2,1-3H3,(H,24,29). The van der Waals surface area contributed by atoms with Crippen LogP contribution in [0.1, 0.15) is 48.4 Å². The molecule has 0 aliphatic carbocycles. The maximum atomic E-state index is 13.0. The maximum Gasteiger partial charge on any atom is 0.427 e. The Hall–Kier alpha value is -3.06. The maximum absolute atomic E-state index is 13.0. The van der Waals surface area contributed by atoms with Crippen LogP contribution in [0.5, 0.6) is 0 Å². The molecule has 2 N–H and O–H groups in total. The molecule has 2 aromatic carbocycles. The number of benzene rings is 2. The van der Waals surface area contributed by atoms with E-state index < -0.39 is 12.3 Å². The molecule has 158 valence electrons. The smallest absolute Gasteiger partial charge is 0.368 e. The van der Waals surface area contributed by atoms with E-state index in [2.05, 4.69) is 65.6 Å². The van der Waals surface area contributed by atoms with Crippen LogP contribution in [0.25, 0.3) is 0 Å². The molecule has 2 aliphatic rings. The van der Waals surface area contributed by atoms with Gasteiger partial charge in [-0.2, -0.15) is 0 Å². The van der Waals surface area contributed by atoms with Gasteiger partial charge in [-0.15, -0.1) is 5.48 Å². The quantitative estimate of drug-likeness (QED) is 0.816. The summed E-state index contributed by atoms with van der Waals surface area (Å²) in [5, 5.41) is 2.64. The van der Waals surface area contributed by atoms with Crippen molar-refractivity contribution in [2.24, 2.45) is 0 Å². The summed E-state index contributed by atoms with van der Waals surface area (Å²) in [6.07, 6.45) is -0.904. The Labute approximate surface area is 177 Å². The summed E-state index contributed by atoms with van der Waals surface area (Å²) < 4.78 is 0. The Morgan fingerprint density at radius 1 is 1.00 bits per heavy atom. The Morgan fingerprint density at radius 2 is 1.67 bits per heavy atom. The first kappa shape index (κ1) is 20.2. The zero-order valence-corrected chi connectivity index (χ0v) is 17.6. The summed E-state index contributed by atoms with van der Waals surface area (Å²) in [6, 6.07) is 15.8. The molecular formula is C23H28N4O3. The molecule has 7 heteroatoms. The zero-order chi connectivity index (χ0) is 21.3. The summed E-state index contributed by atoms with van der Waals surface area (Å²) >= 11 is 0. The number of carbonyl (C=O) groups excluding carboxylic acids is 2. The molecule has 2 heterocycles. The summed E-state index contributed by atoms with van der Waals surface area (Å²) in [6.45, 7) is 9.69. The first-order chi connectivity index (χ1) is 14.3. The second kappa shape index (κ2) is 7.99. The second-order valence-electron chi connectivity index (χ2n) is 8.75. The van der Waals surface area contributed by atoms with Crippen LogP contribution in [0.15, 0.2) is 48.5 Å². The largest absolute Gasteiger partial charge is 0.427 e. The Kier molecular flexibility index (Phi) is 5.39. The summed E-state index contributed by atoms with van der Waals surface area (Å²) in [5.41, 5.74) is 6.75. The highest BCUT2D eigenvalue weighted by Crippen LogP contribution is 2.32. The normalized spacial score (nSPS) is 19.4. The summed E-state index contributed by atoms with van der Waals surface area (Å²) in [5.74, 6) is 0.0324. The van der Waals surface area contributed by atoms with Gasteiger partial charge in [0.1, 0.15) is 6.17 Å². The minimum Gasteiger partial charge on any atom is -0.368 e. The molecule has 2 aromatic rings. The molecule has 0 spiro atoms. The lowest BCUT2D eigenvalue weighted by Crippen LogP contribution is -2.49. The SMILES string of the molecule is CC(C)(C)c1ccccc1N1CCN(C(=O)c2ccc(C3NOC(=O)N3)cc2)CC1. The molecule has 0 radical (unpaired) electrons. The van der Waals surface area contributed by atoms with E-state index in [1.165, 1.54) is 11.3 Å². The third-order valence-corrected chi connectivity index (χ3v) is 5.64. The molecule has 0 bridgehead atoms. The van der Waals surface area contributed by atoms with Gasteiger partial charge in [-0.25, -0.2) is 4.79 Å². The number of hydrogen-bond acceptors (Lipinski definition) is 5. The molecule has 2 aliphatic heterocycles. The number of piperazine rings is 1. The molecule has 7 nitrogen and oxygen atoms in total. The predicted octanol–water partition coefficient (Wildman–Crippen LogP) is 3.19. The van der Waals surface area contributed by atoms with Crippen LogP contribution in [0.3, 0.4) is 0 Å². The van der Waals surface area contributed by atoms with Crippen LogP contribution in [0.2, 0.25) is 0 Å². The van der Waals surface area contributed by atoms with Crippen molar-refractivity contribution >= 4 is 17.7 Å². The van der Waals surface area contributed by atoms with Crippen LogP contribution < -0.4 is 15.7 Å². The van der Waals surface area contributed by atoms with Gasteiger partial charge in [0.15, 0.2) is 0 Å². The molecule has 2 amide bonds. The second-order valence-corrected chi connectivity index (χ2v) is 8.75. The average molecular weight is 409 g/mol. The van der Waals surface area contributed by atoms with Crippen molar-refractivity contribution in [1.29, 1.82) is 0 Å². The topological polar surface area (TPSA) is 73.9 Å². The first-order valence-electron chi connectivity index (χ1n) is 10.3. The highest BCUT2D eigenvalue weighted by atomic mass is 16.7. The predicted molar refractivity (Wildman–Crippen MR) is 115 cm³/mol. The number of hydrogen-bond donors (Lipinski definition) is 2. The molecule has 2 fully saturated rings. The third kappa shape index (κ3) is 4.11. The number of anilines is 1. The molecule has 30 heavy (non-hydrogen) atoms. The van der Waals surface area contributed by atoms with Gasteiger partial charge in [-0.3, -0.25) is 10.1 Å². The Balaban J connectivity index is 1.40. The summed E-state index contributed by atoms with van der Waals surface area (Å²) in [4.78, 5) is 33.1. The highest BCUT2D eigenvalue weighted by molar-refractivity contribution is 5.94. The fourth-order valence-electron chi connectivity index (χ4n) is 3.98. The van der Waals surface area contributed by atoms with Crippen molar-refractivity contribution in [2.45, 2.75) is 32.4 Å². The monoisotopic (exact) mass is 408 g/mol. The van der Waals surface area contributed by atoms with E-state index in [1.807, 2.05) is 17.0 Å². The van der Waals surface area contributed by atoms with Gasteiger partial charge in [0.25, 0.3) is 5.91 Å². The lowest BCUT2D eigenvalue weighted by molar-refractivity contribution is 0.0746. The fourth-order valence-corrected chi connectivity index (χ4v) is 3.98. The third-order valence-electron chi connectivity index (χ3n) is 5.64. The fraction of sp³-hybridized carbons (Fsp3) is 0.391. The molecule has 0 saturated carbocycles. The molecule has 1 unspecified atom stereocenters. The van der Waals surface area contributed by atoms with E-state index in [0.29, 0.717) is 18.7 Å². The van der Waals surface area contributed by atoms with Gasteiger partial charge in [0.2, 0.25) is 0 Å².